The number of nitrogens with zero attached hydrogens (tertiary/aromatic N) is 3. The first-order valence-electron chi connectivity index (χ1n) is 7.06. The van der Waals surface area contributed by atoms with E-state index in [1.165, 1.54) is 0 Å². The van der Waals surface area contributed by atoms with Crippen LogP contribution in [0.2, 0.25) is 0 Å². The standard InChI is InChI=1S/C15H24N4O/c1-11-9-12(10-13(16)17-11)14(20)18-5-7-19(8-6-18)15(2,3)4/h9-10H,5-8H2,1-4H3,(H2,16,17). The van der Waals surface area contributed by atoms with E-state index < -0.39 is 0 Å². The van der Waals surface area contributed by atoms with Crippen LogP contribution in [0.25, 0.3) is 0 Å². The molecule has 0 saturated carbocycles. The molecule has 1 fully saturated rings. The van der Waals surface area contributed by atoms with Gasteiger partial charge in [-0.25, -0.2) is 4.98 Å². The molecule has 1 amide bonds. The van der Waals surface area contributed by atoms with Crippen LogP contribution in [0.1, 0.15) is 36.8 Å². The van der Waals surface area contributed by atoms with Gasteiger partial charge in [0.05, 0.1) is 0 Å². The number of amides is 1. The highest BCUT2D eigenvalue weighted by atomic mass is 16.2. The molecule has 5 heteroatoms. The molecule has 5 nitrogen and oxygen atoms in total. The van der Waals surface area contributed by atoms with Gasteiger partial charge in [0.1, 0.15) is 5.82 Å². The predicted molar refractivity (Wildman–Crippen MR) is 80.6 cm³/mol. The number of nitrogen functional groups attached to an aromatic ring is 1. The highest BCUT2D eigenvalue weighted by molar-refractivity contribution is 5.95. The lowest BCUT2D eigenvalue weighted by atomic mass is 10.0. The Bertz CT molecular complexity index is 479. The number of hydrogen-bond donors (Lipinski definition) is 1. The zero-order chi connectivity index (χ0) is 14.9. The van der Waals surface area contributed by atoms with Crippen molar-refractivity contribution >= 4 is 11.7 Å². The van der Waals surface area contributed by atoms with Gasteiger partial charge < -0.3 is 10.6 Å². The molecule has 0 atom stereocenters. The van der Waals surface area contributed by atoms with E-state index in [-0.39, 0.29) is 11.4 Å². The summed E-state index contributed by atoms with van der Waals surface area (Å²) in [6.45, 7) is 11.8. The molecule has 2 heterocycles. The summed E-state index contributed by atoms with van der Waals surface area (Å²) >= 11 is 0. The minimum atomic E-state index is 0.0516. The number of nitrogens with two attached hydrogens (primary N) is 1. The van der Waals surface area contributed by atoms with Gasteiger partial charge in [0, 0.05) is 43.0 Å². The third-order valence-corrected chi connectivity index (χ3v) is 3.74. The van der Waals surface area contributed by atoms with Crippen molar-refractivity contribution in [3.05, 3.63) is 23.4 Å². The number of pyridine rings is 1. The third kappa shape index (κ3) is 3.28. The molecule has 0 unspecified atom stereocenters. The molecule has 20 heavy (non-hydrogen) atoms. The highest BCUT2D eigenvalue weighted by Gasteiger charge is 2.28. The second-order valence-corrected chi connectivity index (χ2v) is 6.37. The van der Waals surface area contributed by atoms with Crippen LogP contribution in [0.4, 0.5) is 5.82 Å². The SMILES string of the molecule is Cc1cc(C(=O)N2CCN(C(C)(C)C)CC2)cc(N)n1. The Balaban J connectivity index is 2.05. The fraction of sp³-hybridized carbons (Fsp3) is 0.600. The first-order valence-corrected chi connectivity index (χ1v) is 7.06. The van der Waals surface area contributed by atoms with Crippen LogP contribution in [0.15, 0.2) is 12.1 Å². The van der Waals surface area contributed by atoms with Crippen molar-refractivity contribution in [1.82, 2.24) is 14.8 Å². The molecule has 1 aromatic rings. The molecule has 0 aliphatic carbocycles. The van der Waals surface area contributed by atoms with Crippen LogP contribution in [0.5, 0.6) is 0 Å². The fourth-order valence-corrected chi connectivity index (χ4v) is 2.58. The van der Waals surface area contributed by atoms with Crippen LogP contribution < -0.4 is 5.73 Å². The summed E-state index contributed by atoms with van der Waals surface area (Å²) in [6.07, 6.45) is 0. The molecule has 0 radical (unpaired) electrons. The van der Waals surface area contributed by atoms with E-state index >= 15 is 0 Å². The molecule has 2 N–H and O–H groups in total. The zero-order valence-corrected chi connectivity index (χ0v) is 12.8. The van der Waals surface area contributed by atoms with Crippen LogP contribution >= 0.6 is 0 Å². The summed E-state index contributed by atoms with van der Waals surface area (Å²) < 4.78 is 0. The summed E-state index contributed by atoms with van der Waals surface area (Å²) in [6, 6.07) is 3.46. The second kappa shape index (κ2) is 5.40. The van der Waals surface area contributed by atoms with Crippen LogP contribution in [0.3, 0.4) is 0 Å². The Morgan fingerprint density at radius 3 is 2.30 bits per heavy atom. The molecule has 1 aliphatic heterocycles. The molecular weight excluding hydrogens is 252 g/mol. The predicted octanol–water partition coefficient (Wildman–Crippen LogP) is 1.53. The Hall–Kier alpha value is -1.62. The van der Waals surface area contributed by atoms with Gasteiger partial charge in [0.25, 0.3) is 5.91 Å². The molecule has 0 spiro atoms. The number of aryl methyl sites for hydroxylation is 1. The summed E-state index contributed by atoms with van der Waals surface area (Å²) in [7, 11) is 0. The van der Waals surface area contributed by atoms with Gasteiger partial charge in [0.15, 0.2) is 0 Å². The summed E-state index contributed by atoms with van der Waals surface area (Å²) in [4.78, 5) is 20.9. The smallest absolute Gasteiger partial charge is 0.254 e. The van der Waals surface area contributed by atoms with Gasteiger partial charge in [-0.2, -0.15) is 0 Å². The average Bonchev–Trinajstić information content (AvgIpc) is 2.36. The topological polar surface area (TPSA) is 62.5 Å². The lowest BCUT2D eigenvalue weighted by Gasteiger charge is -2.42. The number of piperazine rings is 1. The van der Waals surface area contributed by atoms with E-state index in [1.54, 1.807) is 12.1 Å². The van der Waals surface area contributed by atoms with Crippen molar-refractivity contribution < 1.29 is 4.79 Å². The molecule has 1 saturated heterocycles. The van der Waals surface area contributed by atoms with E-state index in [0.717, 1.165) is 31.9 Å². The van der Waals surface area contributed by atoms with E-state index in [4.69, 9.17) is 5.73 Å². The molecule has 0 aromatic carbocycles. The fourth-order valence-electron chi connectivity index (χ4n) is 2.58. The first-order chi connectivity index (χ1) is 9.27. The van der Waals surface area contributed by atoms with Gasteiger partial charge >= 0.3 is 0 Å². The molecular formula is C15H24N4O. The minimum absolute atomic E-state index is 0.0516. The van der Waals surface area contributed by atoms with Gasteiger partial charge in [0.2, 0.25) is 0 Å². The largest absolute Gasteiger partial charge is 0.384 e. The van der Waals surface area contributed by atoms with Crippen molar-refractivity contribution in [1.29, 1.82) is 0 Å². The van der Waals surface area contributed by atoms with Crippen molar-refractivity contribution in [3.63, 3.8) is 0 Å². The van der Waals surface area contributed by atoms with E-state index in [9.17, 15) is 4.79 Å². The first kappa shape index (κ1) is 14.8. The van der Waals surface area contributed by atoms with E-state index in [0.29, 0.717) is 11.4 Å². The van der Waals surface area contributed by atoms with Crippen LogP contribution in [-0.4, -0.2) is 52.4 Å². The summed E-state index contributed by atoms with van der Waals surface area (Å²) in [5.74, 6) is 0.456. The quantitative estimate of drug-likeness (QED) is 0.845. The van der Waals surface area contributed by atoms with E-state index in [2.05, 4.69) is 30.7 Å². The van der Waals surface area contributed by atoms with Crippen molar-refractivity contribution in [2.75, 3.05) is 31.9 Å². The van der Waals surface area contributed by atoms with Crippen LogP contribution in [0, 0.1) is 6.92 Å². The number of carbonyl (C=O) groups is 1. The molecule has 1 aromatic heterocycles. The maximum atomic E-state index is 12.5. The number of carbonyl (C=O) groups excluding carboxylic acids is 1. The normalized spacial score (nSPS) is 17.3. The van der Waals surface area contributed by atoms with Gasteiger partial charge in [-0.05, 0) is 39.8 Å². The molecule has 1 aliphatic rings. The lowest BCUT2D eigenvalue weighted by molar-refractivity contribution is 0.0451. The molecule has 2 rings (SSSR count). The maximum Gasteiger partial charge on any atom is 0.254 e. The zero-order valence-electron chi connectivity index (χ0n) is 12.8. The average molecular weight is 276 g/mol. The van der Waals surface area contributed by atoms with Gasteiger partial charge in [-0.15, -0.1) is 0 Å². The third-order valence-electron chi connectivity index (χ3n) is 3.74. The van der Waals surface area contributed by atoms with Crippen molar-refractivity contribution in [2.45, 2.75) is 33.2 Å². The highest BCUT2D eigenvalue weighted by Crippen LogP contribution is 2.17. The Morgan fingerprint density at radius 2 is 1.80 bits per heavy atom. The Kier molecular flexibility index (Phi) is 3.99. The van der Waals surface area contributed by atoms with Crippen LogP contribution in [-0.2, 0) is 0 Å². The Labute approximate surface area is 120 Å². The minimum Gasteiger partial charge on any atom is -0.384 e. The summed E-state index contributed by atoms with van der Waals surface area (Å²) in [5.41, 5.74) is 7.29. The number of aromatic nitrogens is 1. The Morgan fingerprint density at radius 1 is 1.20 bits per heavy atom. The lowest BCUT2D eigenvalue weighted by Crippen LogP contribution is -2.54. The van der Waals surface area contributed by atoms with Gasteiger partial charge in [-0.3, -0.25) is 9.69 Å². The second-order valence-electron chi connectivity index (χ2n) is 6.37. The number of rotatable bonds is 1. The molecule has 110 valence electrons. The number of hydrogen-bond acceptors (Lipinski definition) is 4. The van der Waals surface area contributed by atoms with E-state index in [1.807, 2.05) is 11.8 Å². The van der Waals surface area contributed by atoms with Crippen molar-refractivity contribution in [2.24, 2.45) is 0 Å². The molecule has 0 bridgehead atoms. The number of anilines is 1. The van der Waals surface area contributed by atoms with Gasteiger partial charge in [-0.1, -0.05) is 0 Å². The summed E-state index contributed by atoms with van der Waals surface area (Å²) in [5, 5.41) is 0. The monoisotopic (exact) mass is 276 g/mol. The maximum absolute atomic E-state index is 12.5. The van der Waals surface area contributed by atoms with Crippen molar-refractivity contribution in [3.8, 4) is 0 Å².